The number of halogens is 1. The van der Waals surface area contributed by atoms with Gasteiger partial charge in [-0.3, -0.25) is 0 Å². The van der Waals surface area contributed by atoms with Gasteiger partial charge in [-0.05, 0) is 48.9 Å². The lowest BCUT2D eigenvalue weighted by molar-refractivity contribution is 0.425. The third kappa shape index (κ3) is 2.07. The van der Waals surface area contributed by atoms with Gasteiger partial charge in [0.25, 0.3) is 0 Å². The van der Waals surface area contributed by atoms with Gasteiger partial charge in [0, 0.05) is 16.6 Å². The number of nitrogens with one attached hydrogen (secondary N) is 1. The zero-order valence-electron chi connectivity index (χ0n) is 12.9. The highest BCUT2D eigenvalue weighted by Gasteiger charge is 2.39. The van der Waals surface area contributed by atoms with Crippen molar-refractivity contribution in [1.29, 1.82) is 0 Å². The summed E-state index contributed by atoms with van der Waals surface area (Å²) in [6.45, 7) is 4.38. The molecule has 0 radical (unpaired) electrons. The van der Waals surface area contributed by atoms with Crippen LogP contribution in [0, 0.1) is 19.8 Å². The minimum atomic E-state index is 0.280. The first-order chi connectivity index (χ1) is 10.6. The summed E-state index contributed by atoms with van der Waals surface area (Å²) < 4.78 is 0. The molecule has 3 atom stereocenters. The van der Waals surface area contributed by atoms with Gasteiger partial charge in [0.2, 0.25) is 0 Å². The predicted octanol–water partition coefficient (Wildman–Crippen LogP) is 5.78. The Morgan fingerprint density at radius 1 is 1.09 bits per heavy atom. The lowest BCUT2D eigenvalue weighted by Crippen LogP contribution is -2.29. The van der Waals surface area contributed by atoms with Crippen molar-refractivity contribution in [3.8, 4) is 0 Å². The highest BCUT2D eigenvalue weighted by Crippen LogP contribution is 2.51. The predicted molar refractivity (Wildman–Crippen MR) is 93.7 cm³/mol. The first-order valence-electron chi connectivity index (χ1n) is 7.94. The molecule has 2 aromatic rings. The summed E-state index contributed by atoms with van der Waals surface area (Å²) >= 11 is 6.48. The largest absolute Gasteiger partial charge is 0.377 e. The second-order valence-corrected chi connectivity index (χ2v) is 6.95. The van der Waals surface area contributed by atoms with Crippen LogP contribution >= 0.6 is 11.6 Å². The summed E-state index contributed by atoms with van der Waals surface area (Å²) in [6.07, 6.45) is 5.82. The Bertz CT molecular complexity index is 762. The summed E-state index contributed by atoms with van der Waals surface area (Å²) in [5.41, 5.74) is 6.62. The van der Waals surface area contributed by atoms with E-state index >= 15 is 0 Å². The van der Waals surface area contributed by atoms with Crippen LogP contribution in [0.2, 0.25) is 5.02 Å². The van der Waals surface area contributed by atoms with Crippen LogP contribution in [0.5, 0.6) is 0 Å². The van der Waals surface area contributed by atoms with E-state index in [2.05, 4.69) is 55.6 Å². The third-order valence-corrected chi connectivity index (χ3v) is 5.39. The van der Waals surface area contributed by atoms with Crippen molar-refractivity contribution in [3.05, 3.63) is 75.8 Å². The van der Waals surface area contributed by atoms with Gasteiger partial charge >= 0.3 is 0 Å². The summed E-state index contributed by atoms with van der Waals surface area (Å²) in [7, 11) is 0. The van der Waals surface area contributed by atoms with Crippen molar-refractivity contribution >= 4 is 17.3 Å². The van der Waals surface area contributed by atoms with Crippen molar-refractivity contribution in [2.45, 2.75) is 32.2 Å². The van der Waals surface area contributed by atoms with E-state index in [0.29, 0.717) is 11.8 Å². The highest BCUT2D eigenvalue weighted by atomic mass is 35.5. The first-order valence-corrected chi connectivity index (χ1v) is 8.31. The molecule has 0 fully saturated rings. The molecule has 4 rings (SSSR count). The lowest BCUT2D eigenvalue weighted by Gasteiger charge is -2.39. The SMILES string of the molecule is Cc1cc(C)c2c(c1)[C@@H]1C=CC[C@@H]1[C@H](c1ccccc1Cl)N2. The Kier molecular flexibility index (Phi) is 3.27. The molecule has 2 aromatic carbocycles. The van der Waals surface area contributed by atoms with Crippen molar-refractivity contribution in [2.24, 2.45) is 5.92 Å². The number of hydrogen-bond acceptors (Lipinski definition) is 1. The molecule has 0 spiro atoms. The Balaban J connectivity index is 1.86. The first kappa shape index (κ1) is 13.9. The van der Waals surface area contributed by atoms with Crippen LogP contribution in [0.4, 0.5) is 5.69 Å². The number of benzene rings is 2. The Hall–Kier alpha value is -1.73. The third-order valence-electron chi connectivity index (χ3n) is 5.05. The number of fused-ring (bicyclic) bond motifs is 3. The summed E-state index contributed by atoms with van der Waals surface area (Å²) in [6, 6.07) is 13.1. The normalized spacial score (nSPS) is 25.5. The molecule has 1 N–H and O–H groups in total. The van der Waals surface area contributed by atoms with E-state index < -0.39 is 0 Å². The summed E-state index contributed by atoms with van der Waals surface area (Å²) in [4.78, 5) is 0. The maximum Gasteiger partial charge on any atom is 0.0568 e. The zero-order valence-corrected chi connectivity index (χ0v) is 13.7. The molecule has 0 amide bonds. The average Bonchev–Trinajstić information content (AvgIpc) is 2.97. The van der Waals surface area contributed by atoms with Gasteiger partial charge < -0.3 is 5.32 Å². The van der Waals surface area contributed by atoms with Gasteiger partial charge in [0.15, 0.2) is 0 Å². The molecule has 1 aliphatic heterocycles. The van der Waals surface area contributed by atoms with Crippen molar-refractivity contribution in [3.63, 3.8) is 0 Å². The van der Waals surface area contributed by atoms with Crippen molar-refractivity contribution in [1.82, 2.24) is 0 Å². The molecule has 1 aliphatic carbocycles. The molecule has 1 heterocycles. The molecule has 2 heteroatoms. The summed E-state index contributed by atoms with van der Waals surface area (Å²) in [5, 5.41) is 4.66. The zero-order chi connectivity index (χ0) is 15.3. The van der Waals surface area contributed by atoms with Gasteiger partial charge in [-0.1, -0.05) is 59.6 Å². The quantitative estimate of drug-likeness (QED) is 0.658. The molecule has 112 valence electrons. The molecule has 0 bridgehead atoms. The number of anilines is 1. The Labute approximate surface area is 137 Å². The van der Waals surface area contributed by atoms with Gasteiger partial charge in [-0.15, -0.1) is 0 Å². The number of allylic oxidation sites excluding steroid dienone is 2. The second-order valence-electron chi connectivity index (χ2n) is 6.54. The smallest absolute Gasteiger partial charge is 0.0568 e. The molecule has 22 heavy (non-hydrogen) atoms. The van der Waals surface area contributed by atoms with Crippen molar-refractivity contribution in [2.75, 3.05) is 5.32 Å². The molecular weight excluding hydrogens is 290 g/mol. The number of aryl methyl sites for hydroxylation is 2. The van der Waals surface area contributed by atoms with E-state index in [0.717, 1.165) is 11.4 Å². The van der Waals surface area contributed by atoms with Gasteiger partial charge in [-0.25, -0.2) is 0 Å². The molecule has 0 saturated carbocycles. The van der Waals surface area contributed by atoms with E-state index in [4.69, 9.17) is 11.6 Å². The molecular formula is C20H20ClN. The summed E-state index contributed by atoms with van der Waals surface area (Å²) in [5.74, 6) is 1.05. The molecule has 0 saturated heterocycles. The minimum Gasteiger partial charge on any atom is -0.377 e. The topological polar surface area (TPSA) is 12.0 Å². The highest BCUT2D eigenvalue weighted by molar-refractivity contribution is 6.31. The Morgan fingerprint density at radius 3 is 2.73 bits per heavy atom. The van der Waals surface area contributed by atoms with Crippen molar-refractivity contribution < 1.29 is 0 Å². The van der Waals surface area contributed by atoms with E-state index in [1.807, 2.05) is 12.1 Å². The lowest BCUT2D eigenvalue weighted by atomic mass is 9.76. The fourth-order valence-corrected chi connectivity index (χ4v) is 4.36. The van der Waals surface area contributed by atoms with Crippen LogP contribution in [0.1, 0.15) is 40.6 Å². The maximum absolute atomic E-state index is 6.48. The van der Waals surface area contributed by atoms with E-state index in [1.165, 1.54) is 27.9 Å². The standard InChI is InChI=1S/C20H20ClN/c1-12-10-13(2)19-17(11-12)14-7-5-8-15(14)20(22-19)16-6-3-4-9-18(16)21/h3-7,9-11,14-15,20,22H,8H2,1-2H3/t14-,15+,20-/m1/s1. The van der Waals surface area contributed by atoms with E-state index in [1.54, 1.807) is 0 Å². The van der Waals surface area contributed by atoms with Crippen LogP contribution in [0.15, 0.2) is 48.6 Å². The second kappa shape index (κ2) is 5.17. The van der Waals surface area contributed by atoms with Crippen LogP contribution < -0.4 is 5.32 Å². The molecule has 2 aliphatic rings. The average molecular weight is 310 g/mol. The molecule has 0 unspecified atom stereocenters. The van der Waals surface area contributed by atoms with Crippen LogP contribution in [0.25, 0.3) is 0 Å². The van der Waals surface area contributed by atoms with E-state index in [9.17, 15) is 0 Å². The number of hydrogen-bond donors (Lipinski definition) is 1. The fourth-order valence-electron chi connectivity index (χ4n) is 4.11. The Morgan fingerprint density at radius 2 is 1.91 bits per heavy atom. The number of rotatable bonds is 1. The molecule has 1 nitrogen and oxygen atoms in total. The van der Waals surface area contributed by atoms with Crippen LogP contribution in [-0.2, 0) is 0 Å². The molecule has 0 aromatic heterocycles. The maximum atomic E-state index is 6.48. The van der Waals surface area contributed by atoms with Crippen LogP contribution in [-0.4, -0.2) is 0 Å². The van der Waals surface area contributed by atoms with E-state index in [-0.39, 0.29) is 6.04 Å². The monoisotopic (exact) mass is 309 g/mol. The van der Waals surface area contributed by atoms with Gasteiger partial charge in [0.1, 0.15) is 0 Å². The van der Waals surface area contributed by atoms with Gasteiger partial charge in [0.05, 0.1) is 6.04 Å². The van der Waals surface area contributed by atoms with Gasteiger partial charge in [-0.2, -0.15) is 0 Å². The van der Waals surface area contributed by atoms with Crippen LogP contribution in [0.3, 0.4) is 0 Å². The minimum absolute atomic E-state index is 0.280. The fraction of sp³-hybridized carbons (Fsp3) is 0.300.